The van der Waals surface area contributed by atoms with E-state index < -0.39 is 0 Å². The molecule has 2 atom stereocenters. The highest BCUT2D eigenvalue weighted by molar-refractivity contribution is 9.10. The first kappa shape index (κ1) is 13.0. The van der Waals surface area contributed by atoms with Crippen LogP contribution in [-0.4, -0.2) is 41.8 Å². The van der Waals surface area contributed by atoms with E-state index in [1.54, 1.807) is 0 Å². The van der Waals surface area contributed by atoms with Crippen molar-refractivity contribution in [2.24, 2.45) is 5.92 Å². The smallest absolute Gasteiger partial charge is 0.233 e. The van der Waals surface area contributed by atoms with Crippen LogP contribution >= 0.6 is 15.9 Å². The zero-order valence-electron chi connectivity index (χ0n) is 9.63. The fourth-order valence-electron chi connectivity index (χ4n) is 1.97. The van der Waals surface area contributed by atoms with Gasteiger partial charge in [-0.25, -0.2) is 0 Å². The average molecular weight is 277 g/mol. The SMILES string of the molecule is CC1CCCN(CCNC(=O)C(C)Br)C1. The highest BCUT2D eigenvalue weighted by Crippen LogP contribution is 2.14. The second kappa shape index (κ2) is 6.48. The molecule has 1 aliphatic rings. The van der Waals surface area contributed by atoms with Crippen molar-refractivity contribution in [3.8, 4) is 0 Å². The van der Waals surface area contributed by atoms with E-state index in [9.17, 15) is 4.79 Å². The zero-order chi connectivity index (χ0) is 11.3. The van der Waals surface area contributed by atoms with Gasteiger partial charge in [0.25, 0.3) is 0 Å². The molecule has 1 heterocycles. The molecular formula is C11H21BrN2O. The Kier molecular flexibility index (Phi) is 5.61. The van der Waals surface area contributed by atoms with Crippen LogP contribution < -0.4 is 5.32 Å². The summed E-state index contributed by atoms with van der Waals surface area (Å²) < 4.78 is 0. The molecule has 1 N–H and O–H groups in total. The van der Waals surface area contributed by atoms with Crippen molar-refractivity contribution >= 4 is 21.8 Å². The molecule has 4 heteroatoms. The Morgan fingerprint density at radius 1 is 1.67 bits per heavy atom. The third-order valence-corrected chi connectivity index (χ3v) is 3.25. The molecule has 88 valence electrons. The van der Waals surface area contributed by atoms with E-state index in [0.29, 0.717) is 0 Å². The fraction of sp³-hybridized carbons (Fsp3) is 0.909. The van der Waals surface area contributed by atoms with Crippen LogP contribution in [0, 0.1) is 5.92 Å². The van der Waals surface area contributed by atoms with Crippen molar-refractivity contribution in [2.45, 2.75) is 31.5 Å². The van der Waals surface area contributed by atoms with Crippen molar-refractivity contribution in [1.82, 2.24) is 10.2 Å². The van der Waals surface area contributed by atoms with Gasteiger partial charge in [0.15, 0.2) is 0 Å². The molecule has 0 spiro atoms. The van der Waals surface area contributed by atoms with Crippen LogP contribution in [0.3, 0.4) is 0 Å². The van der Waals surface area contributed by atoms with Crippen LogP contribution in [0.4, 0.5) is 0 Å². The molecule has 0 aromatic carbocycles. The first-order valence-corrected chi connectivity index (χ1v) is 6.65. The molecule has 0 saturated carbocycles. The third kappa shape index (κ3) is 4.98. The highest BCUT2D eigenvalue weighted by Gasteiger charge is 2.16. The lowest BCUT2D eigenvalue weighted by Gasteiger charge is -2.30. The Bertz CT molecular complexity index is 209. The van der Waals surface area contributed by atoms with E-state index in [-0.39, 0.29) is 10.7 Å². The van der Waals surface area contributed by atoms with Crippen molar-refractivity contribution in [2.75, 3.05) is 26.2 Å². The summed E-state index contributed by atoms with van der Waals surface area (Å²) in [5.41, 5.74) is 0. The minimum Gasteiger partial charge on any atom is -0.354 e. The molecule has 0 aliphatic carbocycles. The number of amides is 1. The summed E-state index contributed by atoms with van der Waals surface area (Å²) in [6, 6.07) is 0. The summed E-state index contributed by atoms with van der Waals surface area (Å²) in [4.78, 5) is 13.6. The van der Waals surface area contributed by atoms with Crippen LogP contribution in [0.5, 0.6) is 0 Å². The Morgan fingerprint density at radius 2 is 2.40 bits per heavy atom. The monoisotopic (exact) mass is 276 g/mol. The molecule has 0 bridgehead atoms. The van der Waals surface area contributed by atoms with Gasteiger partial charge < -0.3 is 10.2 Å². The van der Waals surface area contributed by atoms with Gasteiger partial charge in [-0.15, -0.1) is 0 Å². The number of carbonyl (C=O) groups is 1. The van der Waals surface area contributed by atoms with Gasteiger partial charge >= 0.3 is 0 Å². The summed E-state index contributed by atoms with van der Waals surface area (Å²) in [6.07, 6.45) is 2.64. The predicted molar refractivity (Wildman–Crippen MR) is 66.2 cm³/mol. The standard InChI is InChI=1S/C11H21BrN2O/c1-9-4-3-6-14(8-9)7-5-13-11(15)10(2)12/h9-10H,3-8H2,1-2H3,(H,13,15). The fourth-order valence-corrected chi connectivity index (χ4v) is 2.13. The zero-order valence-corrected chi connectivity index (χ0v) is 11.2. The van der Waals surface area contributed by atoms with Crippen LogP contribution in [0.2, 0.25) is 0 Å². The van der Waals surface area contributed by atoms with Gasteiger partial charge in [0, 0.05) is 19.6 Å². The minimum absolute atomic E-state index is 0.0834. The average Bonchev–Trinajstić information content (AvgIpc) is 2.17. The maximum absolute atomic E-state index is 11.3. The Balaban J connectivity index is 2.11. The molecular weight excluding hydrogens is 256 g/mol. The van der Waals surface area contributed by atoms with E-state index in [2.05, 4.69) is 33.1 Å². The third-order valence-electron chi connectivity index (χ3n) is 2.83. The lowest BCUT2D eigenvalue weighted by molar-refractivity contribution is -0.120. The Morgan fingerprint density at radius 3 is 3.00 bits per heavy atom. The van der Waals surface area contributed by atoms with Gasteiger partial charge in [-0.1, -0.05) is 22.9 Å². The van der Waals surface area contributed by atoms with E-state index in [1.807, 2.05) is 6.92 Å². The lowest BCUT2D eigenvalue weighted by Crippen LogP contribution is -2.41. The van der Waals surface area contributed by atoms with Crippen LogP contribution in [0.25, 0.3) is 0 Å². The molecule has 1 fully saturated rings. The molecule has 2 unspecified atom stereocenters. The molecule has 0 aromatic rings. The molecule has 15 heavy (non-hydrogen) atoms. The number of likely N-dealkylation sites (tertiary alicyclic amines) is 1. The van der Waals surface area contributed by atoms with Crippen LogP contribution in [0.1, 0.15) is 26.7 Å². The van der Waals surface area contributed by atoms with E-state index in [4.69, 9.17) is 0 Å². The summed E-state index contributed by atoms with van der Waals surface area (Å²) in [6.45, 7) is 8.25. The van der Waals surface area contributed by atoms with Crippen molar-refractivity contribution in [3.63, 3.8) is 0 Å². The maximum atomic E-state index is 11.3. The van der Waals surface area contributed by atoms with Crippen LogP contribution in [-0.2, 0) is 4.79 Å². The summed E-state index contributed by atoms with van der Waals surface area (Å²) in [7, 11) is 0. The Labute approximate surface area is 101 Å². The maximum Gasteiger partial charge on any atom is 0.233 e. The largest absolute Gasteiger partial charge is 0.354 e. The van der Waals surface area contributed by atoms with Gasteiger partial charge in [-0.3, -0.25) is 4.79 Å². The van der Waals surface area contributed by atoms with E-state index in [0.717, 1.165) is 19.0 Å². The van der Waals surface area contributed by atoms with Crippen molar-refractivity contribution in [1.29, 1.82) is 0 Å². The Hall–Kier alpha value is -0.0900. The second-order valence-corrected chi connectivity index (χ2v) is 5.83. The number of carbonyl (C=O) groups excluding carboxylic acids is 1. The minimum atomic E-state index is -0.0854. The number of hydrogen-bond donors (Lipinski definition) is 1. The van der Waals surface area contributed by atoms with Gasteiger partial charge in [-0.2, -0.15) is 0 Å². The van der Waals surface area contributed by atoms with Gasteiger partial charge in [0.2, 0.25) is 5.91 Å². The molecule has 0 aromatic heterocycles. The van der Waals surface area contributed by atoms with E-state index in [1.165, 1.54) is 25.9 Å². The number of nitrogens with one attached hydrogen (secondary N) is 1. The van der Waals surface area contributed by atoms with E-state index >= 15 is 0 Å². The molecule has 1 amide bonds. The van der Waals surface area contributed by atoms with Gasteiger partial charge in [-0.05, 0) is 32.2 Å². The predicted octanol–water partition coefficient (Wildman–Crippen LogP) is 1.62. The number of piperidine rings is 1. The quantitative estimate of drug-likeness (QED) is 0.792. The lowest BCUT2D eigenvalue weighted by atomic mass is 10.0. The molecule has 0 radical (unpaired) electrons. The summed E-state index contributed by atoms with van der Waals surface area (Å²) in [5, 5.41) is 2.92. The highest BCUT2D eigenvalue weighted by atomic mass is 79.9. The number of halogens is 1. The first-order chi connectivity index (χ1) is 7.09. The van der Waals surface area contributed by atoms with Gasteiger partial charge in [0.05, 0.1) is 4.83 Å². The molecule has 1 saturated heterocycles. The number of rotatable bonds is 4. The number of alkyl halides is 1. The second-order valence-electron chi connectivity index (χ2n) is 4.46. The first-order valence-electron chi connectivity index (χ1n) is 5.73. The molecule has 3 nitrogen and oxygen atoms in total. The molecule has 1 aliphatic heterocycles. The normalized spacial score (nSPS) is 24.9. The number of nitrogens with zero attached hydrogens (tertiary/aromatic N) is 1. The summed E-state index contributed by atoms with van der Waals surface area (Å²) in [5.74, 6) is 0.893. The van der Waals surface area contributed by atoms with Crippen LogP contribution in [0.15, 0.2) is 0 Å². The van der Waals surface area contributed by atoms with Gasteiger partial charge in [0.1, 0.15) is 0 Å². The molecule has 1 rings (SSSR count). The van der Waals surface area contributed by atoms with Crippen molar-refractivity contribution < 1.29 is 4.79 Å². The summed E-state index contributed by atoms with van der Waals surface area (Å²) >= 11 is 3.25. The topological polar surface area (TPSA) is 32.3 Å². The van der Waals surface area contributed by atoms with Crippen molar-refractivity contribution in [3.05, 3.63) is 0 Å². The number of hydrogen-bond acceptors (Lipinski definition) is 2.